The van der Waals surface area contributed by atoms with Crippen LogP contribution in [-0.2, 0) is 0 Å². The fourth-order valence-electron chi connectivity index (χ4n) is 1.59. The number of rotatable bonds is 2. The average Bonchev–Trinajstić information content (AvgIpc) is 2.39. The van der Waals surface area contributed by atoms with Crippen molar-refractivity contribution in [3.63, 3.8) is 0 Å². The van der Waals surface area contributed by atoms with Crippen molar-refractivity contribution in [2.45, 2.75) is 6.92 Å². The van der Waals surface area contributed by atoms with Crippen LogP contribution in [-0.4, -0.2) is 5.91 Å². The molecular weight excluding hydrogens is 217 g/mol. The number of hydrogen-bond donors (Lipinski definition) is 0. The first kappa shape index (κ1) is 11.3. The molecule has 0 aromatic heterocycles. The van der Waals surface area contributed by atoms with Crippen LogP contribution in [0.1, 0.15) is 15.9 Å². The topological polar surface area (TPSA) is 20.3 Å². The molecule has 0 spiro atoms. The van der Waals surface area contributed by atoms with Gasteiger partial charge in [0.05, 0.1) is 5.69 Å². The van der Waals surface area contributed by atoms with Crippen LogP contribution >= 0.6 is 0 Å². The zero-order valence-corrected chi connectivity index (χ0v) is 9.43. The number of hydrogen-bond acceptors (Lipinski definition) is 1. The molecule has 2 rings (SSSR count). The number of benzene rings is 2. The van der Waals surface area contributed by atoms with Crippen LogP contribution in [0.5, 0.6) is 0 Å². The van der Waals surface area contributed by atoms with Crippen molar-refractivity contribution < 1.29 is 9.28 Å². The van der Waals surface area contributed by atoms with E-state index in [2.05, 4.69) is 0 Å². The van der Waals surface area contributed by atoms with Gasteiger partial charge in [-0.1, -0.05) is 40.9 Å². The summed E-state index contributed by atoms with van der Waals surface area (Å²) in [6, 6.07) is 15.2. The zero-order valence-electron chi connectivity index (χ0n) is 9.43. The second kappa shape index (κ2) is 4.78. The predicted molar refractivity (Wildman–Crippen MR) is 65.5 cm³/mol. The highest BCUT2D eigenvalue weighted by Gasteiger charge is 2.18. The highest BCUT2D eigenvalue weighted by Crippen LogP contribution is 2.21. The molecule has 2 aromatic carbocycles. The van der Waals surface area contributed by atoms with Crippen LogP contribution < -0.4 is 5.12 Å². The van der Waals surface area contributed by atoms with Crippen LogP contribution in [0.25, 0.3) is 0 Å². The van der Waals surface area contributed by atoms with Crippen LogP contribution in [0.15, 0.2) is 54.6 Å². The number of aryl methyl sites for hydroxylation is 1. The van der Waals surface area contributed by atoms with E-state index < -0.39 is 5.91 Å². The first-order valence-corrected chi connectivity index (χ1v) is 5.31. The molecule has 0 radical (unpaired) electrons. The third kappa shape index (κ3) is 2.33. The molecule has 0 saturated carbocycles. The Kier molecular flexibility index (Phi) is 3.19. The fraction of sp³-hybridized carbons (Fsp3) is 0.0714. The summed E-state index contributed by atoms with van der Waals surface area (Å²) >= 11 is 0. The summed E-state index contributed by atoms with van der Waals surface area (Å²) < 4.78 is 14.0. The Morgan fingerprint density at radius 1 is 1.00 bits per heavy atom. The van der Waals surface area contributed by atoms with E-state index in [1.807, 2.05) is 0 Å². The highest BCUT2D eigenvalue weighted by molar-refractivity contribution is 6.04. The molecule has 0 heterocycles. The summed E-state index contributed by atoms with van der Waals surface area (Å²) in [7, 11) is 0. The molecule has 0 aliphatic rings. The van der Waals surface area contributed by atoms with Crippen molar-refractivity contribution in [1.82, 2.24) is 0 Å². The smallest absolute Gasteiger partial charge is 0.266 e. The standard InChI is InChI=1S/C14H12FNO/c1-11-7-5-6-10-13(11)16(15)14(17)12-8-3-2-4-9-12/h2-10H,1H3. The molecule has 86 valence electrons. The molecule has 0 bridgehead atoms. The molecule has 0 aliphatic heterocycles. The van der Waals surface area contributed by atoms with Crippen molar-refractivity contribution in [3.8, 4) is 0 Å². The number of para-hydroxylation sites is 1. The summed E-state index contributed by atoms with van der Waals surface area (Å²) in [5.74, 6) is -0.653. The number of carbonyl (C=O) groups excluding carboxylic acids is 1. The van der Waals surface area contributed by atoms with E-state index in [4.69, 9.17) is 0 Å². The SMILES string of the molecule is Cc1ccccc1N(F)C(=O)c1ccccc1. The predicted octanol–water partition coefficient (Wildman–Crippen LogP) is 3.53. The van der Waals surface area contributed by atoms with Crippen molar-refractivity contribution in [2.75, 3.05) is 5.12 Å². The Hall–Kier alpha value is -2.16. The first-order chi connectivity index (χ1) is 8.20. The van der Waals surface area contributed by atoms with Gasteiger partial charge < -0.3 is 0 Å². The van der Waals surface area contributed by atoms with Gasteiger partial charge in [0.25, 0.3) is 5.91 Å². The van der Waals surface area contributed by atoms with Gasteiger partial charge >= 0.3 is 0 Å². The Morgan fingerprint density at radius 2 is 1.59 bits per heavy atom. The second-order valence-corrected chi connectivity index (χ2v) is 3.74. The zero-order chi connectivity index (χ0) is 12.3. The van der Waals surface area contributed by atoms with Gasteiger partial charge in [-0.05, 0) is 30.7 Å². The Balaban J connectivity index is 2.30. The van der Waals surface area contributed by atoms with Crippen LogP contribution in [0.2, 0.25) is 0 Å². The first-order valence-electron chi connectivity index (χ1n) is 5.31. The van der Waals surface area contributed by atoms with Crippen molar-refractivity contribution in [1.29, 1.82) is 0 Å². The quantitative estimate of drug-likeness (QED) is 0.721. The Labute approximate surface area is 99.2 Å². The van der Waals surface area contributed by atoms with Gasteiger partial charge in [0.2, 0.25) is 0 Å². The lowest BCUT2D eigenvalue weighted by atomic mass is 10.1. The Bertz CT molecular complexity index is 525. The van der Waals surface area contributed by atoms with E-state index in [9.17, 15) is 9.28 Å². The van der Waals surface area contributed by atoms with E-state index in [1.165, 1.54) is 0 Å². The highest BCUT2D eigenvalue weighted by atomic mass is 19.2. The molecule has 0 fully saturated rings. The minimum atomic E-state index is -0.653. The van der Waals surface area contributed by atoms with Gasteiger partial charge in [0, 0.05) is 5.56 Å². The van der Waals surface area contributed by atoms with Gasteiger partial charge in [-0.3, -0.25) is 4.79 Å². The molecule has 2 nitrogen and oxygen atoms in total. The number of halogens is 1. The molecule has 1 amide bonds. The lowest BCUT2D eigenvalue weighted by molar-refractivity contribution is 0.0931. The van der Waals surface area contributed by atoms with Gasteiger partial charge in [-0.15, -0.1) is 5.12 Å². The molecule has 0 unspecified atom stereocenters. The molecule has 0 atom stereocenters. The summed E-state index contributed by atoms with van der Waals surface area (Å²) in [6.45, 7) is 1.76. The largest absolute Gasteiger partial charge is 0.286 e. The molecule has 0 saturated heterocycles. The van der Waals surface area contributed by atoms with Crippen molar-refractivity contribution in [3.05, 3.63) is 65.7 Å². The summed E-state index contributed by atoms with van der Waals surface area (Å²) in [5, 5.41) is 0.185. The van der Waals surface area contributed by atoms with Crippen LogP contribution in [0.4, 0.5) is 10.2 Å². The maximum absolute atomic E-state index is 14.0. The number of carbonyl (C=O) groups is 1. The van der Waals surface area contributed by atoms with Gasteiger partial charge in [-0.2, -0.15) is 0 Å². The normalized spacial score (nSPS) is 10.0. The second-order valence-electron chi connectivity index (χ2n) is 3.74. The number of anilines is 1. The molecule has 3 heteroatoms. The summed E-state index contributed by atoms with van der Waals surface area (Å²) in [6.07, 6.45) is 0. The minimum absolute atomic E-state index is 0.185. The monoisotopic (exact) mass is 229 g/mol. The van der Waals surface area contributed by atoms with Crippen molar-refractivity contribution in [2.24, 2.45) is 0 Å². The van der Waals surface area contributed by atoms with Crippen molar-refractivity contribution >= 4 is 11.6 Å². The molecular formula is C14H12FNO. The minimum Gasteiger partial charge on any atom is -0.266 e. The lowest BCUT2D eigenvalue weighted by Crippen LogP contribution is -2.22. The maximum atomic E-state index is 14.0. The van der Waals surface area contributed by atoms with E-state index in [0.29, 0.717) is 5.56 Å². The van der Waals surface area contributed by atoms with Crippen LogP contribution in [0, 0.1) is 6.92 Å². The maximum Gasteiger partial charge on any atom is 0.286 e. The summed E-state index contributed by atoms with van der Waals surface area (Å²) in [4.78, 5) is 11.8. The van der Waals surface area contributed by atoms with Crippen LogP contribution in [0.3, 0.4) is 0 Å². The van der Waals surface area contributed by atoms with Gasteiger partial charge in [-0.25, -0.2) is 0 Å². The molecule has 0 aliphatic carbocycles. The third-order valence-electron chi connectivity index (χ3n) is 2.53. The van der Waals surface area contributed by atoms with E-state index in [1.54, 1.807) is 61.5 Å². The van der Waals surface area contributed by atoms with E-state index in [0.717, 1.165) is 5.56 Å². The average molecular weight is 229 g/mol. The lowest BCUT2D eigenvalue weighted by Gasteiger charge is -2.14. The molecule has 0 N–H and O–H groups in total. The summed E-state index contributed by atoms with van der Waals surface area (Å²) in [5.41, 5.74) is 1.33. The molecule has 17 heavy (non-hydrogen) atoms. The Morgan fingerprint density at radius 3 is 2.24 bits per heavy atom. The fourth-order valence-corrected chi connectivity index (χ4v) is 1.59. The van der Waals surface area contributed by atoms with Gasteiger partial charge in [0.1, 0.15) is 0 Å². The third-order valence-corrected chi connectivity index (χ3v) is 2.53. The van der Waals surface area contributed by atoms with E-state index >= 15 is 0 Å². The number of nitrogens with zero attached hydrogens (tertiary/aromatic N) is 1. The molecule has 2 aromatic rings. The van der Waals surface area contributed by atoms with Gasteiger partial charge in [0.15, 0.2) is 0 Å². The van der Waals surface area contributed by atoms with E-state index in [-0.39, 0.29) is 10.8 Å². The number of amides is 1.